The summed E-state index contributed by atoms with van der Waals surface area (Å²) in [5, 5.41) is 2.35. The zero-order chi connectivity index (χ0) is 22.1. The van der Waals surface area contributed by atoms with Crippen LogP contribution in [0.5, 0.6) is 0 Å². The van der Waals surface area contributed by atoms with Crippen LogP contribution in [0.1, 0.15) is 32.4 Å². The predicted molar refractivity (Wildman–Crippen MR) is 112 cm³/mol. The molecule has 1 aromatic heterocycles. The van der Waals surface area contributed by atoms with E-state index in [-0.39, 0.29) is 17.3 Å². The summed E-state index contributed by atoms with van der Waals surface area (Å²) in [5.41, 5.74) is -0.960. The van der Waals surface area contributed by atoms with Crippen LogP contribution in [0.2, 0.25) is 0 Å². The molecule has 1 amide bonds. The monoisotopic (exact) mass is 435 g/mol. The summed E-state index contributed by atoms with van der Waals surface area (Å²) in [7, 11) is 0. The number of hydrogen-bond acceptors (Lipinski definition) is 4. The van der Waals surface area contributed by atoms with Crippen LogP contribution >= 0.6 is 11.8 Å². The minimum absolute atomic E-state index is 0.210. The van der Waals surface area contributed by atoms with Gasteiger partial charge in [0.2, 0.25) is 5.91 Å². The molecule has 0 spiro atoms. The molecule has 0 saturated carbocycles. The quantitative estimate of drug-likeness (QED) is 0.447. The number of hydrogen-bond donors (Lipinski definition) is 1. The molecule has 1 heterocycles. The van der Waals surface area contributed by atoms with E-state index in [9.17, 15) is 22.8 Å². The summed E-state index contributed by atoms with van der Waals surface area (Å²) in [6.45, 7) is 5.21. The van der Waals surface area contributed by atoms with Gasteiger partial charge >= 0.3 is 6.18 Å². The molecule has 1 unspecified atom stereocenters. The van der Waals surface area contributed by atoms with Gasteiger partial charge in [-0.05, 0) is 45.0 Å². The third kappa shape index (κ3) is 4.51. The van der Waals surface area contributed by atoms with E-state index in [2.05, 4.69) is 10.3 Å². The standard InChI is InChI=1S/C21H20F3N3O2S/c1-12(2)27-19(29)14-8-4-6-10-16(14)26-20(27)30-13(3)18(28)25-17-11-7-5-9-15(17)21(22,23)24/h4-13H,1-3H3,(H,25,28). The molecule has 3 aromatic rings. The van der Waals surface area contributed by atoms with Gasteiger partial charge in [-0.25, -0.2) is 4.98 Å². The van der Waals surface area contributed by atoms with Gasteiger partial charge in [-0.3, -0.25) is 14.2 Å². The average Bonchev–Trinajstić information content (AvgIpc) is 2.67. The number of amides is 1. The van der Waals surface area contributed by atoms with Gasteiger partial charge in [-0.2, -0.15) is 13.2 Å². The van der Waals surface area contributed by atoms with Gasteiger partial charge in [-0.15, -0.1) is 0 Å². The Kier molecular flexibility index (Phi) is 6.21. The van der Waals surface area contributed by atoms with Gasteiger partial charge in [0.25, 0.3) is 5.56 Å². The highest BCUT2D eigenvalue weighted by Crippen LogP contribution is 2.35. The van der Waals surface area contributed by atoms with Gasteiger partial charge in [-0.1, -0.05) is 36.0 Å². The second kappa shape index (κ2) is 8.51. The van der Waals surface area contributed by atoms with Gasteiger partial charge in [0.1, 0.15) is 0 Å². The molecule has 0 aliphatic rings. The van der Waals surface area contributed by atoms with Crippen LogP contribution in [0.15, 0.2) is 58.5 Å². The lowest BCUT2D eigenvalue weighted by Crippen LogP contribution is -2.28. The van der Waals surface area contributed by atoms with Crippen molar-refractivity contribution in [1.29, 1.82) is 0 Å². The van der Waals surface area contributed by atoms with Gasteiger partial charge < -0.3 is 5.32 Å². The minimum Gasteiger partial charge on any atom is -0.325 e. The van der Waals surface area contributed by atoms with Crippen molar-refractivity contribution in [2.75, 3.05) is 5.32 Å². The number of nitrogens with zero attached hydrogens (tertiary/aromatic N) is 2. The van der Waals surface area contributed by atoms with Crippen molar-refractivity contribution in [2.45, 2.75) is 43.4 Å². The molecule has 0 bridgehead atoms. The maximum absolute atomic E-state index is 13.2. The van der Waals surface area contributed by atoms with Crippen molar-refractivity contribution in [1.82, 2.24) is 9.55 Å². The van der Waals surface area contributed by atoms with Crippen LogP contribution in [-0.2, 0) is 11.0 Å². The molecule has 0 aliphatic heterocycles. The Bertz CT molecular complexity index is 1140. The van der Waals surface area contributed by atoms with Crippen LogP contribution in [0.3, 0.4) is 0 Å². The molecule has 1 N–H and O–H groups in total. The first-order valence-electron chi connectivity index (χ1n) is 9.24. The predicted octanol–water partition coefficient (Wildman–Crippen LogP) is 5.12. The Balaban J connectivity index is 1.90. The number of nitrogens with one attached hydrogen (secondary N) is 1. The molecule has 0 fully saturated rings. The lowest BCUT2D eigenvalue weighted by atomic mass is 10.1. The van der Waals surface area contributed by atoms with Crippen molar-refractivity contribution in [2.24, 2.45) is 0 Å². The molecule has 0 aliphatic carbocycles. The first-order valence-corrected chi connectivity index (χ1v) is 10.1. The highest BCUT2D eigenvalue weighted by molar-refractivity contribution is 8.00. The summed E-state index contributed by atoms with van der Waals surface area (Å²) in [4.78, 5) is 30.0. The Morgan fingerprint density at radius 2 is 1.70 bits per heavy atom. The molecule has 158 valence electrons. The van der Waals surface area contributed by atoms with Crippen LogP contribution in [0, 0.1) is 0 Å². The van der Waals surface area contributed by atoms with E-state index in [0.29, 0.717) is 16.1 Å². The minimum atomic E-state index is -4.59. The number of para-hydroxylation sites is 2. The number of carbonyl (C=O) groups excluding carboxylic acids is 1. The molecular weight excluding hydrogens is 415 g/mol. The average molecular weight is 435 g/mol. The highest BCUT2D eigenvalue weighted by Gasteiger charge is 2.34. The second-order valence-corrected chi connectivity index (χ2v) is 8.28. The van der Waals surface area contributed by atoms with Crippen LogP contribution < -0.4 is 10.9 Å². The molecule has 0 saturated heterocycles. The van der Waals surface area contributed by atoms with E-state index in [1.165, 1.54) is 22.8 Å². The van der Waals surface area contributed by atoms with Crippen molar-refractivity contribution < 1.29 is 18.0 Å². The number of alkyl halides is 3. The third-order valence-corrected chi connectivity index (χ3v) is 5.50. The zero-order valence-electron chi connectivity index (χ0n) is 16.5. The fourth-order valence-corrected chi connectivity index (χ4v) is 3.99. The number of anilines is 1. The zero-order valence-corrected chi connectivity index (χ0v) is 17.3. The Morgan fingerprint density at radius 3 is 2.37 bits per heavy atom. The molecule has 3 rings (SSSR count). The molecule has 5 nitrogen and oxygen atoms in total. The largest absolute Gasteiger partial charge is 0.418 e. The van der Waals surface area contributed by atoms with E-state index in [1.54, 1.807) is 31.2 Å². The van der Waals surface area contributed by atoms with Crippen LogP contribution in [-0.4, -0.2) is 20.7 Å². The van der Waals surface area contributed by atoms with E-state index < -0.39 is 22.9 Å². The number of rotatable bonds is 5. The summed E-state index contributed by atoms with van der Waals surface area (Å²) >= 11 is 1.03. The Labute approximate surface area is 175 Å². The van der Waals surface area contributed by atoms with Crippen LogP contribution in [0.4, 0.5) is 18.9 Å². The summed E-state index contributed by atoms with van der Waals surface area (Å²) in [6, 6.07) is 11.5. The lowest BCUT2D eigenvalue weighted by molar-refractivity contribution is -0.137. The van der Waals surface area contributed by atoms with Gasteiger partial charge in [0.15, 0.2) is 5.16 Å². The topological polar surface area (TPSA) is 64.0 Å². The number of halogens is 3. The van der Waals surface area contributed by atoms with Crippen molar-refractivity contribution in [3.63, 3.8) is 0 Å². The highest BCUT2D eigenvalue weighted by atomic mass is 32.2. The summed E-state index contributed by atoms with van der Waals surface area (Å²) < 4.78 is 41.0. The summed E-state index contributed by atoms with van der Waals surface area (Å²) in [6.07, 6.45) is -4.59. The fourth-order valence-electron chi connectivity index (χ4n) is 2.95. The van der Waals surface area contributed by atoms with Gasteiger partial charge in [0, 0.05) is 6.04 Å². The SMILES string of the molecule is CC(Sc1nc2ccccc2c(=O)n1C(C)C)C(=O)Nc1ccccc1C(F)(F)F. The molecule has 9 heteroatoms. The molecule has 2 aromatic carbocycles. The fraction of sp³-hybridized carbons (Fsp3) is 0.286. The molecular formula is C21H20F3N3O2S. The maximum Gasteiger partial charge on any atom is 0.418 e. The normalized spacial score (nSPS) is 12.9. The lowest BCUT2D eigenvalue weighted by Gasteiger charge is -2.19. The van der Waals surface area contributed by atoms with Crippen LogP contribution in [0.25, 0.3) is 10.9 Å². The van der Waals surface area contributed by atoms with Crippen molar-refractivity contribution >= 4 is 34.3 Å². The first-order chi connectivity index (χ1) is 14.1. The Morgan fingerprint density at radius 1 is 1.07 bits per heavy atom. The molecule has 0 radical (unpaired) electrons. The molecule has 1 atom stereocenters. The summed E-state index contributed by atoms with van der Waals surface area (Å²) in [5.74, 6) is -0.616. The van der Waals surface area contributed by atoms with E-state index in [4.69, 9.17) is 0 Å². The number of thioether (sulfide) groups is 1. The van der Waals surface area contributed by atoms with Crippen molar-refractivity contribution in [3.8, 4) is 0 Å². The maximum atomic E-state index is 13.2. The van der Waals surface area contributed by atoms with E-state index >= 15 is 0 Å². The number of carbonyl (C=O) groups is 1. The smallest absolute Gasteiger partial charge is 0.325 e. The van der Waals surface area contributed by atoms with E-state index in [0.717, 1.165) is 17.8 Å². The molecule has 30 heavy (non-hydrogen) atoms. The first kappa shape index (κ1) is 21.9. The number of aromatic nitrogens is 2. The Hall–Kier alpha value is -2.81. The van der Waals surface area contributed by atoms with Crippen molar-refractivity contribution in [3.05, 3.63) is 64.4 Å². The van der Waals surface area contributed by atoms with Gasteiger partial charge in [0.05, 0.1) is 27.4 Å². The number of fused-ring (bicyclic) bond motifs is 1. The number of benzene rings is 2. The third-order valence-electron chi connectivity index (χ3n) is 4.43. The second-order valence-electron chi connectivity index (χ2n) is 6.97. The van der Waals surface area contributed by atoms with E-state index in [1.807, 2.05) is 13.8 Å².